The highest BCUT2D eigenvalue weighted by Gasteiger charge is 2.40. The summed E-state index contributed by atoms with van der Waals surface area (Å²) in [5.41, 5.74) is 1.51. The maximum absolute atomic E-state index is 12.9. The minimum atomic E-state index is -0.814. The summed E-state index contributed by atoms with van der Waals surface area (Å²) in [5, 5.41) is 18.8. The summed E-state index contributed by atoms with van der Waals surface area (Å²) in [6.07, 6.45) is -0.0662. The fraction of sp³-hybridized carbons (Fsp3) is 0.227. The van der Waals surface area contributed by atoms with E-state index in [2.05, 4.69) is 10.6 Å². The molecule has 10 nitrogen and oxygen atoms in total. The van der Waals surface area contributed by atoms with Crippen LogP contribution in [0.15, 0.2) is 59.1 Å². The highest BCUT2D eigenvalue weighted by molar-refractivity contribution is 6.22. The quantitative estimate of drug-likeness (QED) is 0.324. The van der Waals surface area contributed by atoms with Gasteiger partial charge in [-0.3, -0.25) is 14.9 Å². The molecule has 2 amide bonds. The number of nitrogens with one attached hydrogen (secondary N) is 1. The van der Waals surface area contributed by atoms with Crippen molar-refractivity contribution >= 4 is 23.5 Å². The van der Waals surface area contributed by atoms with Gasteiger partial charge in [0.05, 0.1) is 42.1 Å². The average molecular weight is 436 g/mol. The molecule has 0 saturated carbocycles. The van der Waals surface area contributed by atoms with Crippen LogP contribution in [-0.2, 0) is 20.9 Å². The third-order valence-corrected chi connectivity index (χ3v) is 5.00. The van der Waals surface area contributed by atoms with Crippen LogP contribution in [0.2, 0.25) is 0 Å². The van der Waals surface area contributed by atoms with Crippen LogP contribution in [0.5, 0.6) is 5.95 Å². The Bertz CT molecular complexity index is 1140. The lowest BCUT2D eigenvalue weighted by Crippen LogP contribution is -2.43. The Hall–Kier alpha value is -4.05. The van der Waals surface area contributed by atoms with Crippen LogP contribution in [0.4, 0.5) is 5.69 Å². The van der Waals surface area contributed by atoms with Crippen LogP contribution in [0, 0.1) is 0 Å². The van der Waals surface area contributed by atoms with Crippen LogP contribution in [-0.4, -0.2) is 35.7 Å². The summed E-state index contributed by atoms with van der Waals surface area (Å²) in [6, 6.07) is 14.2. The first-order chi connectivity index (χ1) is 15.5. The van der Waals surface area contributed by atoms with Crippen molar-refractivity contribution in [2.75, 3.05) is 11.5 Å². The molecule has 1 unspecified atom stereocenters. The van der Waals surface area contributed by atoms with Gasteiger partial charge in [0.2, 0.25) is 11.6 Å². The van der Waals surface area contributed by atoms with Gasteiger partial charge in [-0.15, -0.1) is 0 Å². The highest BCUT2D eigenvalue weighted by Crippen LogP contribution is 2.24. The second-order valence-corrected chi connectivity index (χ2v) is 7.03. The Labute approximate surface area is 183 Å². The summed E-state index contributed by atoms with van der Waals surface area (Å²) < 4.78 is 11.1. The third kappa shape index (κ3) is 4.08. The first-order valence-electron chi connectivity index (χ1n) is 10.00. The first kappa shape index (κ1) is 21.2. The number of carbonyl (C=O) groups is 3. The van der Waals surface area contributed by atoms with E-state index in [0.29, 0.717) is 16.9 Å². The molecule has 0 radical (unpaired) electrons. The van der Waals surface area contributed by atoms with Gasteiger partial charge in [0.15, 0.2) is 5.95 Å². The zero-order chi connectivity index (χ0) is 22.7. The van der Waals surface area contributed by atoms with Crippen molar-refractivity contribution in [3.63, 3.8) is 0 Å². The Morgan fingerprint density at radius 3 is 2.62 bits per heavy atom. The fourth-order valence-corrected chi connectivity index (χ4v) is 3.43. The van der Waals surface area contributed by atoms with E-state index in [1.165, 1.54) is 28.9 Å². The van der Waals surface area contributed by atoms with E-state index in [4.69, 9.17) is 9.26 Å². The minimum Gasteiger partial charge on any atom is -0.539 e. The Morgan fingerprint density at radius 1 is 1.22 bits per heavy atom. The maximum atomic E-state index is 12.9. The molecule has 1 N–H and O–H groups in total. The number of rotatable bonds is 7. The fourth-order valence-electron chi connectivity index (χ4n) is 3.43. The van der Waals surface area contributed by atoms with Gasteiger partial charge in [-0.1, -0.05) is 18.2 Å². The van der Waals surface area contributed by atoms with E-state index < -0.39 is 23.9 Å². The number of ether oxygens (including phenoxy) is 1. The van der Waals surface area contributed by atoms with E-state index in [-0.39, 0.29) is 31.2 Å². The number of benzene rings is 2. The lowest BCUT2D eigenvalue weighted by atomic mass is 10.2. The number of aromatic nitrogens is 2. The molecule has 10 heteroatoms. The van der Waals surface area contributed by atoms with Gasteiger partial charge in [-0.25, -0.2) is 9.69 Å². The van der Waals surface area contributed by atoms with E-state index in [1.807, 2.05) is 6.07 Å². The van der Waals surface area contributed by atoms with Crippen LogP contribution in [0.1, 0.15) is 29.4 Å². The molecule has 1 aliphatic heterocycles. The number of anilines is 1. The topological polar surface area (TPSA) is 129 Å². The van der Waals surface area contributed by atoms with Crippen molar-refractivity contribution < 1.29 is 33.4 Å². The molecule has 2 aromatic carbocycles. The largest absolute Gasteiger partial charge is 0.539 e. The molecule has 0 spiro atoms. The summed E-state index contributed by atoms with van der Waals surface area (Å²) in [4.78, 5) is 38.2. The second-order valence-electron chi connectivity index (χ2n) is 7.03. The number of esters is 1. The number of nitrogens with zero attached hydrogens (tertiary/aromatic N) is 3. The number of amides is 2. The Kier molecular flexibility index (Phi) is 5.95. The molecule has 1 aromatic heterocycles. The predicted molar refractivity (Wildman–Crippen MR) is 108 cm³/mol. The van der Waals surface area contributed by atoms with Crippen LogP contribution in [0.3, 0.4) is 0 Å². The first-order valence-corrected chi connectivity index (χ1v) is 10.00. The van der Waals surface area contributed by atoms with Crippen molar-refractivity contribution in [1.29, 1.82) is 0 Å². The third-order valence-electron chi connectivity index (χ3n) is 5.00. The lowest BCUT2D eigenvalue weighted by molar-refractivity contribution is -0.677. The predicted octanol–water partition coefficient (Wildman–Crippen LogP) is 0.623. The summed E-state index contributed by atoms with van der Waals surface area (Å²) in [7, 11) is 0. The SMILES string of the molecule is CCOC(=O)c1ccc(N2C(=O)CC(NCc3c([O-])on[n+]3-c3ccccc3)C2=O)cc1. The smallest absolute Gasteiger partial charge is 0.338 e. The molecule has 2 heterocycles. The summed E-state index contributed by atoms with van der Waals surface area (Å²) in [6.45, 7) is 1.94. The molecule has 3 aromatic rings. The second kappa shape index (κ2) is 8.98. The molecule has 1 aliphatic rings. The molecular weight excluding hydrogens is 416 g/mol. The Morgan fingerprint density at radius 2 is 1.94 bits per heavy atom. The van der Waals surface area contributed by atoms with E-state index in [1.54, 1.807) is 31.2 Å². The number of hydrogen-bond acceptors (Lipinski definition) is 8. The van der Waals surface area contributed by atoms with Crippen molar-refractivity contribution in [1.82, 2.24) is 10.6 Å². The molecule has 1 atom stereocenters. The summed E-state index contributed by atoms with van der Waals surface area (Å²) >= 11 is 0. The van der Waals surface area contributed by atoms with Crippen LogP contribution >= 0.6 is 0 Å². The normalized spacial score (nSPS) is 15.9. The van der Waals surface area contributed by atoms with Crippen LogP contribution < -0.4 is 20.0 Å². The molecular formula is C22H20N4O6. The van der Waals surface area contributed by atoms with Crippen molar-refractivity contribution in [2.24, 2.45) is 0 Å². The summed E-state index contributed by atoms with van der Waals surface area (Å²) in [5.74, 6) is -1.95. The lowest BCUT2D eigenvalue weighted by Gasteiger charge is -2.15. The molecule has 1 saturated heterocycles. The van der Waals surface area contributed by atoms with E-state index in [9.17, 15) is 19.5 Å². The van der Waals surface area contributed by atoms with Gasteiger partial charge in [-0.2, -0.15) is 0 Å². The molecule has 32 heavy (non-hydrogen) atoms. The Balaban J connectivity index is 1.47. The van der Waals surface area contributed by atoms with Gasteiger partial charge in [0.25, 0.3) is 11.6 Å². The monoisotopic (exact) mass is 436 g/mol. The molecule has 0 bridgehead atoms. The van der Waals surface area contributed by atoms with E-state index in [0.717, 1.165) is 4.90 Å². The van der Waals surface area contributed by atoms with Crippen LogP contribution in [0.25, 0.3) is 5.69 Å². The number of carbonyl (C=O) groups excluding carboxylic acids is 3. The zero-order valence-corrected chi connectivity index (χ0v) is 17.2. The van der Waals surface area contributed by atoms with Gasteiger partial charge in [-0.05, 0) is 35.9 Å². The number of para-hydroxylation sites is 1. The molecule has 1 fully saturated rings. The van der Waals surface area contributed by atoms with Gasteiger partial charge >= 0.3 is 5.97 Å². The van der Waals surface area contributed by atoms with Crippen molar-refractivity contribution in [2.45, 2.75) is 25.9 Å². The molecule has 164 valence electrons. The standard InChI is InChI=1S/C22H20N4O6/c1-2-31-21(29)14-8-10-15(11-9-14)25-19(27)12-17(20(25)28)23-13-18-22(30)32-24-26(18)16-6-4-3-5-7-16/h3-11,17,23H,2,12-13H2,1H3. The van der Waals surface area contributed by atoms with Gasteiger partial charge in [0.1, 0.15) is 0 Å². The molecule has 4 rings (SSSR count). The van der Waals surface area contributed by atoms with Crippen molar-refractivity contribution in [3.8, 4) is 11.6 Å². The highest BCUT2D eigenvalue weighted by atomic mass is 16.6. The van der Waals surface area contributed by atoms with Gasteiger partial charge in [0, 0.05) is 12.1 Å². The number of hydrogen-bond donors (Lipinski definition) is 1. The zero-order valence-electron chi connectivity index (χ0n) is 17.2. The van der Waals surface area contributed by atoms with Gasteiger partial charge < -0.3 is 14.4 Å². The minimum absolute atomic E-state index is 0.0173. The van der Waals surface area contributed by atoms with E-state index >= 15 is 0 Å². The number of imide groups is 1. The van der Waals surface area contributed by atoms with Crippen molar-refractivity contribution in [3.05, 3.63) is 65.9 Å². The molecule has 0 aliphatic carbocycles. The maximum Gasteiger partial charge on any atom is 0.338 e. The average Bonchev–Trinajstić information content (AvgIpc) is 3.31.